The van der Waals surface area contributed by atoms with E-state index in [-0.39, 0.29) is 10.8 Å². The van der Waals surface area contributed by atoms with Gasteiger partial charge >= 0.3 is 0 Å². The molecule has 210 valence electrons. The second-order valence-electron chi connectivity index (χ2n) is 12.8. The SMILES string of the molecule is C[N+]1=C(/C=C/c2ccc(-c3ccc(/C=C/C4=[N+](C)c5ccccc5C4(C)C)c[n+]3C)[n+](C)c2)C(C)(C)c2ccccc21. The van der Waals surface area contributed by atoms with Gasteiger partial charge in [0, 0.05) is 58.7 Å². The summed E-state index contributed by atoms with van der Waals surface area (Å²) in [5, 5.41) is 0. The number of nitrogens with zero attached hydrogens (tertiary/aromatic N) is 4. The standard InChI is InChI=1S/C38H42N4/c1-37(2)29-13-9-11-15-31(29)41(7)35(37)23-19-27-17-21-33(39(5)25-27)34-22-18-28(26-40(34)6)20-24-36-38(3,4)30-14-10-12-16-32(30)42(36)8/h9-26H,1-8H3/q+4/b23-19+,24-20+. The van der Waals surface area contributed by atoms with Crippen molar-refractivity contribution in [3.63, 3.8) is 0 Å². The van der Waals surface area contributed by atoms with Gasteiger partial charge in [-0.25, -0.2) is 0 Å². The Labute approximate surface area is 250 Å². The number of hydrogen-bond donors (Lipinski definition) is 0. The van der Waals surface area contributed by atoms with Crippen LogP contribution in [0.15, 0.2) is 97.3 Å². The van der Waals surface area contributed by atoms with Crippen molar-refractivity contribution in [1.82, 2.24) is 0 Å². The number of benzene rings is 2. The summed E-state index contributed by atoms with van der Waals surface area (Å²) in [4.78, 5) is 0. The third kappa shape index (κ3) is 4.46. The smallest absolute Gasteiger partial charge is 0.198 e. The number of fused-ring (bicyclic) bond motifs is 2. The van der Waals surface area contributed by atoms with E-state index in [0.29, 0.717) is 0 Å². The van der Waals surface area contributed by atoms with Gasteiger partial charge in [-0.1, -0.05) is 36.4 Å². The Morgan fingerprint density at radius 3 is 1.21 bits per heavy atom. The van der Waals surface area contributed by atoms with Gasteiger partial charge in [-0.2, -0.15) is 18.3 Å². The van der Waals surface area contributed by atoms with Crippen LogP contribution in [0.3, 0.4) is 0 Å². The molecule has 4 nitrogen and oxygen atoms in total. The Morgan fingerprint density at radius 2 is 0.857 bits per heavy atom. The molecule has 0 unspecified atom stereocenters. The van der Waals surface area contributed by atoms with Crippen LogP contribution < -0.4 is 9.13 Å². The molecule has 2 aliphatic rings. The normalized spacial score (nSPS) is 17.0. The average Bonchev–Trinajstić information content (AvgIpc) is 3.28. The molecule has 0 amide bonds. The maximum Gasteiger partial charge on any atom is 0.277 e. The predicted octanol–water partition coefficient (Wildman–Crippen LogP) is 6.44. The van der Waals surface area contributed by atoms with Crippen molar-refractivity contribution in [2.75, 3.05) is 14.1 Å². The zero-order valence-electron chi connectivity index (χ0n) is 26.2. The van der Waals surface area contributed by atoms with Gasteiger partial charge in [0.15, 0.2) is 23.8 Å². The summed E-state index contributed by atoms with van der Waals surface area (Å²) in [5.74, 6) is 0. The van der Waals surface area contributed by atoms with Crippen LogP contribution in [0.1, 0.15) is 49.9 Å². The van der Waals surface area contributed by atoms with E-state index in [4.69, 9.17) is 0 Å². The molecule has 0 saturated heterocycles. The Balaban J connectivity index is 1.23. The van der Waals surface area contributed by atoms with Gasteiger partial charge in [0.1, 0.15) is 28.2 Å². The summed E-state index contributed by atoms with van der Waals surface area (Å²) in [5.41, 5.74) is 12.6. The zero-order chi connectivity index (χ0) is 29.8. The van der Waals surface area contributed by atoms with Crippen LogP contribution in [0, 0.1) is 0 Å². The van der Waals surface area contributed by atoms with Gasteiger partial charge in [-0.05, 0) is 52.0 Å². The van der Waals surface area contributed by atoms with Crippen molar-refractivity contribution in [1.29, 1.82) is 0 Å². The van der Waals surface area contributed by atoms with Gasteiger partial charge in [-0.3, -0.25) is 0 Å². The van der Waals surface area contributed by atoms with Gasteiger partial charge in [0.2, 0.25) is 11.4 Å². The molecule has 0 aliphatic carbocycles. The van der Waals surface area contributed by atoms with Crippen LogP contribution >= 0.6 is 0 Å². The van der Waals surface area contributed by atoms with Crippen LogP contribution in [-0.2, 0) is 24.9 Å². The van der Waals surface area contributed by atoms with Gasteiger partial charge in [0.05, 0.1) is 10.8 Å². The largest absolute Gasteiger partial charge is 0.277 e. The molecule has 4 aromatic rings. The summed E-state index contributed by atoms with van der Waals surface area (Å²) in [7, 11) is 8.59. The molecule has 0 fully saturated rings. The summed E-state index contributed by atoms with van der Waals surface area (Å²) in [6, 6.07) is 26.3. The number of allylic oxidation sites excluding steroid dienone is 2. The predicted molar refractivity (Wildman–Crippen MR) is 173 cm³/mol. The lowest BCUT2D eigenvalue weighted by Gasteiger charge is -2.15. The Kier molecular flexibility index (Phi) is 6.68. The first-order valence-corrected chi connectivity index (χ1v) is 14.8. The van der Waals surface area contributed by atoms with Crippen LogP contribution in [-0.4, -0.2) is 34.7 Å². The molecule has 4 heterocycles. The molecule has 2 aromatic heterocycles. The van der Waals surface area contributed by atoms with Crippen LogP contribution in [0.4, 0.5) is 11.4 Å². The second-order valence-corrected chi connectivity index (χ2v) is 12.8. The van der Waals surface area contributed by atoms with Crippen molar-refractivity contribution in [3.05, 3.63) is 120 Å². The van der Waals surface area contributed by atoms with Crippen molar-refractivity contribution >= 4 is 35.0 Å². The zero-order valence-corrected chi connectivity index (χ0v) is 26.2. The first kappa shape index (κ1) is 27.7. The van der Waals surface area contributed by atoms with E-state index in [1.54, 1.807) is 0 Å². The second kappa shape index (κ2) is 10.1. The van der Waals surface area contributed by atoms with E-state index < -0.39 is 0 Å². The molecule has 2 aliphatic heterocycles. The maximum absolute atomic E-state index is 2.32. The summed E-state index contributed by atoms with van der Waals surface area (Å²) in [6.45, 7) is 9.23. The minimum Gasteiger partial charge on any atom is -0.198 e. The molecule has 0 N–H and O–H groups in total. The number of rotatable bonds is 5. The molecule has 0 bridgehead atoms. The molecule has 0 spiro atoms. The Bertz CT molecular complexity index is 1730. The molecule has 2 aromatic carbocycles. The first-order chi connectivity index (χ1) is 20.0. The summed E-state index contributed by atoms with van der Waals surface area (Å²) < 4.78 is 9.08. The quantitative estimate of drug-likeness (QED) is 0.252. The third-order valence-electron chi connectivity index (χ3n) is 9.32. The lowest BCUT2D eigenvalue weighted by molar-refractivity contribution is -0.690. The highest BCUT2D eigenvalue weighted by atomic mass is 15.0. The number of aromatic nitrogens is 2. The fraction of sp³-hybridized carbons (Fsp3) is 0.263. The molecule has 4 heteroatoms. The molecule has 6 rings (SSSR count). The van der Waals surface area contributed by atoms with Crippen molar-refractivity contribution < 1.29 is 18.3 Å². The number of pyridine rings is 2. The van der Waals surface area contributed by atoms with Crippen molar-refractivity contribution in [3.8, 4) is 11.4 Å². The molecular formula is C38H42N4+4. The van der Waals surface area contributed by atoms with Gasteiger partial charge < -0.3 is 0 Å². The first-order valence-electron chi connectivity index (χ1n) is 14.8. The lowest BCUT2D eigenvalue weighted by Crippen LogP contribution is -2.38. The third-order valence-corrected chi connectivity index (χ3v) is 9.32. The van der Waals surface area contributed by atoms with Gasteiger partial charge in [0.25, 0.3) is 11.4 Å². The monoisotopic (exact) mass is 554 g/mol. The Hall–Kier alpha value is -4.44. The molecule has 0 atom stereocenters. The van der Waals surface area contributed by atoms with Crippen LogP contribution in [0.5, 0.6) is 0 Å². The number of para-hydroxylation sites is 2. The highest BCUT2D eigenvalue weighted by molar-refractivity contribution is 6.06. The van der Waals surface area contributed by atoms with Gasteiger partial charge in [-0.15, -0.1) is 0 Å². The van der Waals surface area contributed by atoms with E-state index >= 15 is 0 Å². The molecular weight excluding hydrogens is 512 g/mol. The highest BCUT2D eigenvalue weighted by Gasteiger charge is 2.43. The van der Waals surface area contributed by atoms with E-state index in [0.717, 1.165) is 0 Å². The molecule has 0 saturated carbocycles. The van der Waals surface area contributed by atoms with Crippen LogP contribution in [0.2, 0.25) is 0 Å². The van der Waals surface area contributed by atoms with E-state index in [9.17, 15) is 0 Å². The topological polar surface area (TPSA) is 13.8 Å². The lowest BCUT2D eigenvalue weighted by atomic mass is 9.81. The maximum atomic E-state index is 2.32. The van der Waals surface area contributed by atoms with Crippen molar-refractivity contribution in [2.24, 2.45) is 14.1 Å². The highest BCUT2D eigenvalue weighted by Crippen LogP contribution is 2.40. The van der Waals surface area contributed by atoms with Crippen molar-refractivity contribution in [2.45, 2.75) is 38.5 Å². The fourth-order valence-corrected chi connectivity index (χ4v) is 6.94. The fourth-order valence-electron chi connectivity index (χ4n) is 6.94. The summed E-state index contributed by atoms with van der Waals surface area (Å²) in [6.07, 6.45) is 13.4. The van der Waals surface area contributed by atoms with E-state index in [1.165, 1.54) is 56.4 Å². The molecule has 42 heavy (non-hydrogen) atoms. The van der Waals surface area contributed by atoms with E-state index in [1.807, 2.05) is 0 Å². The Morgan fingerprint density at radius 1 is 0.476 bits per heavy atom. The molecule has 0 radical (unpaired) electrons. The minimum absolute atomic E-state index is 0.0284. The number of hydrogen-bond acceptors (Lipinski definition) is 0. The van der Waals surface area contributed by atoms with Crippen LogP contribution in [0.25, 0.3) is 23.5 Å². The average molecular weight is 555 g/mol. The number of aryl methyl sites for hydroxylation is 2. The summed E-state index contributed by atoms with van der Waals surface area (Å²) >= 11 is 0. The minimum atomic E-state index is -0.0284. The van der Waals surface area contributed by atoms with E-state index in [2.05, 4.69) is 184 Å².